The number of aryl methyl sites for hydroxylation is 3. The summed E-state index contributed by atoms with van der Waals surface area (Å²) in [5.41, 5.74) is 3.13. The minimum atomic E-state index is 0.756. The van der Waals surface area contributed by atoms with Crippen LogP contribution in [0.4, 0.5) is 5.82 Å². The molecule has 0 atom stereocenters. The number of hydrogen-bond donors (Lipinski definition) is 1. The van der Waals surface area contributed by atoms with Crippen LogP contribution < -0.4 is 5.32 Å². The number of halogens is 1. The predicted molar refractivity (Wildman–Crippen MR) is 85.3 cm³/mol. The first-order chi connectivity index (χ1) is 9.10. The smallest absolute Gasteiger partial charge is 0.165 e. The molecule has 2 aromatic heterocycles. The molecule has 0 radical (unpaired) electrons. The quantitative estimate of drug-likeness (QED) is 0.840. The Morgan fingerprint density at radius 3 is 2.47 bits per heavy atom. The Kier molecular flexibility index (Phi) is 4.38. The molecular formula is C13H18IN5. The van der Waals surface area contributed by atoms with E-state index < -0.39 is 0 Å². The Morgan fingerprint density at radius 2 is 1.89 bits per heavy atom. The highest BCUT2D eigenvalue weighted by Gasteiger charge is 2.15. The summed E-state index contributed by atoms with van der Waals surface area (Å²) < 4.78 is 2.91. The highest BCUT2D eigenvalue weighted by atomic mass is 127. The van der Waals surface area contributed by atoms with Crippen molar-refractivity contribution in [2.45, 2.75) is 26.7 Å². The number of nitrogens with one attached hydrogen (secondary N) is 1. The van der Waals surface area contributed by atoms with Crippen LogP contribution in [0.5, 0.6) is 0 Å². The van der Waals surface area contributed by atoms with Gasteiger partial charge in [0.15, 0.2) is 5.82 Å². The number of hydrogen-bond acceptors (Lipinski definition) is 4. The third-order valence-electron chi connectivity index (χ3n) is 2.97. The molecular weight excluding hydrogens is 353 g/mol. The fourth-order valence-electron chi connectivity index (χ4n) is 2.00. The zero-order valence-electron chi connectivity index (χ0n) is 11.7. The molecule has 0 saturated carbocycles. The van der Waals surface area contributed by atoms with E-state index in [-0.39, 0.29) is 0 Å². The van der Waals surface area contributed by atoms with Gasteiger partial charge in [0.25, 0.3) is 0 Å². The van der Waals surface area contributed by atoms with Gasteiger partial charge in [0.1, 0.15) is 5.82 Å². The minimum absolute atomic E-state index is 0.756. The summed E-state index contributed by atoms with van der Waals surface area (Å²) in [7, 11) is 3.81. The maximum atomic E-state index is 4.68. The topological polar surface area (TPSA) is 55.6 Å². The highest BCUT2D eigenvalue weighted by molar-refractivity contribution is 14.1. The summed E-state index contributed by atoms with van der Waals surface area (Å²) >= 11 is 2.29. The van der Waals surface area contributed by atoms with Crippen LogP contribution >= 0.6 is 22.6 Å². The van der Waals surface area contributed by atoms with Crippen molar-refractivity contribution in [3.8, 4) is 11.4 Å². The standard InChI is InChI=1S/C13H18IN5/c1-5-9-8(7-19(4)18-9)12-16-10(6-2)11(14)13(15-3)17-12/h7H,5-6H2,1-4H3,(H,15,16,17). The van der Waals surface area contributed by atoms with Crippen LogP contribution in [0.3, 0.4) is 0 Å². The molecule has 0 aliphatic carbocycles. The number of rotatable bonds is 4. The summed E-state index contributed by atoms with van der Waals surface area (Å²) in [5, 5.41) is 7.59. The van der Waals surface area contributed by atoms with Crippen LogP contribution in [0.1, 0.15) is 25.2 Å². The first-order valence-corrected chi connectivity index (χ1v) is 7.45. The van der Waals surface area contributed by atoms with Crippen LogP contribution in [0.25, 0.3) is 11.4 Å². The maximum absolute atomic E-state index is 4.68. The van der Waals surface area contributed by atoms with E-state index in [1.54, 1.807) is 0 Å². The summed E-state index contributed by atoms with van der Waals surface area (Å²) in [4.78, 5) is 9.29. The monoisotopic (exact) mass is 371 g/mol. The van der Waals surface area contributed by atoms with Gasteiger partial charge in [0.2, 0.25) is 0 Å². The van der Waals surface area contributed by atoms with Crippen LogP contribution in [0.15, 0.2) is 6.20 Å². The molecule has 0 amide bonds. The molecule has 0 saturated heterocycles. The summed E-state index contributed by atoms with van der Waals surface area (Å²) in [5.74, 6) is 1.64. The molecule has 1 N–H and O–H groups in total. The summed E-state index contributed by atoms with van der Waals surface area (Å²) in [6.45, 7) is 4.20. The second kappa shape index (κ2) is 5.85. The molecule has 2 rings (SSSR count). The lowest BCUT2D eigenvalue weighted by Crippen LogP contribution is -2.05. The van der Waals surface area contributed by atoms with E-state index in [0.717, 1.165) is 45.0 Å². The van der Waals surface area contributed by atoms with Crippen molar-refractivity contribution in [1.82, 2.24) is 19.7 Å². The van der Waals surface area contributed by atoms with Crippen molar-refractivity contribution < 1.29 is 0 Å². The lowest BCUT2D eigenvalue weighted by Gasteiger charge is -2.09. The zero-order valence-corrected chi connectivity index (χ0v) is 13.8. The first kappa shape index (κ1) is 14.2. The van der Waals surface area contributed by atoms with E-state index >= 15 is 0 Å². The number of nitrogens with zero attached hydrogens (tertiary/aromatic N) is 4. The molecule has 0 aromatic carbocycles. The summed E-state index contributed by atoms with van der Waals surface area (Å²) in [6, 6.07) is 0. The average Bonchev–Trinajstić information content (AvgIpc) is 2.80. The van der Waals surface area contributed by atoms with E-state index in [2.05, 4.69) is 56.8 Å². The van der Waals surface area contributed by atoms with E-state index in [4.69, 9.17) is 0 Å². The average molecular weight is 371 g/mol. The Balaban J connectivity index is 2.61. The van der Waals surface area contributed by atoms with Gasteiger partial charge in [-0.15, -0.1) is 0 Å². The van der Waals surface area contributed by atoms with E-state index in [9.17, 15) is 0 Å². The van der Waals surface area contributed by atoms with Gasteiger partial charge in [-0.2, -0.15) is 5.10 Å². The van der Waals surface area contributed by atoms with Crippen molar-refractivity contribution in [2.75, 3.05) is 12.4 Å². The third-order valence-corrected chi connectivity index (χ3v) is 4.11. The molecule has 6 heteroatoms. The largest absolute Gasteiger partial charge is 0.372 e. The van der Waals surface area contributed by atoms with Crippen molar-refractivity contribution >= 4 is 28.4 Å². The maximum Gasteiger partial charge on any atom is 0.165 e. The van der Waals surface area contributed by atoms with Gasteiger partial charge in [0.05, 0.1) is 20.5 Å². The van der Waals surface area contributed by atoms with Crippen LogP contribution in [-0.2, 0) is 19.9 Å². The molecule has 2 aromatic rings. The molecule has 5 nitrogen and oxygen atoms in total. The van der Waals surface area contributed by atoms with Crippen LogP contribution in [0, 0.1) is 3.57 Å². The van der Waals surface area contributed by atoms with Crippen LogP contribution in [-0.4, -0.2) is 26.8 Å². The minimum Gasteiger partial charge on any atom is -0.372 e. The number of aromatic nitrogens is 4. The molecule has 0 spiro atoms. The van der Waals surface area contributed by atoms with E-state index in [0.29, 0.717) is 0 Å². The SMILES string of the molecule is CCc1nn(C)cc1-c1nc(CC)c(I)c(NC)n1. The van der Waals surface area contributed by atoms with E-state index in [1.165, 1.54) is 0 Å². The molecule has 0 fully saturated rings. The fourth-order valence-corrected chi connectivity index (χ4v) is 2.89. The lowest BCUT2D eigenvalue weighted by atomic mass is 10.2. The second-order valence-corrected chi connectivity index (χ2v) is 5.36. The third kappa shape index (κ3) is 2.72. The van der Waals surface area contributed by atoms with Crippen molar-refractivity contribution in [2.24, 2.45) is 7.05 Å². The molecule has 0 unspecified atom stereocenters. The Morgan fingerprint density at radius 1 is 1.21 bits per heavy atom. The van der Waals surface area contributed by atoms with Gasteiger partial charge in [-0.05, 0) is 35.4 Å². The molecule has 19 heavy (non-hydrogen) atoms. The number of anilines is 1. The molecule has 0 bridgehead atoms. The fraction of sp³-hybridized carbons (Fsp3) is 0.462. The Hall–Kier alpha value is -1.18. The molecule has 102 valence electrons. The molecule has 2 heterocycles. The van der Waals surface area contributed by atoms with Gasteiger partial charge in [-0.3, -0.25) is 4.68 Å². The zero-order chi connectivity index (χ0) is 14.0. The van der Waals surface area contributed by atoms with Crippen molar-refractivity contribution in [3.63, 3.8) is 0 Å². The van der Waals surface area contributed by atoms with Gasteiger partial charge in [-0.25, -0.2) is 9.97 Å². The second-order valence-electron chi connectivity index (χ2n) is 4.28. The highest BCUT2D eigenvalue weighted by Crippen LogP contribution is 2.26. The molecule has 0 aliphatic rings. The van der Waals surface area contributed by atoms with Gasteiger partial charge in [0, 0.05) is 20.3 Å². The van der Waals surface area contributed by atoms with Gasteiger partial charge in [-0.1, -0.05) is 13.8 Å². The lowest BCUT2D eigenvalue weighted by molar-refractivity contribution is 0.746. The van der Waals surface area contributed by atoms with Crippen molar-refractivity contribution in [1.29, 1.82) is 0 Å². The van der Waals surface area contributed by atoms with E-state index in [1.807, 2.05) is 25.0 Å². The first-order valence-electron chi connectivity index (χ1n) is 6.37. The van der Waals surface area contributed by atoms with Gasteiger partial charge >= 0.3 is 0 Å². The Labute approximate surface area is 127 Å². The normalized spacial score (nSPS) is 10.8. The predicted octanol–water partition coefficient (Wildman–Crippen LogP) is 2.65. The van der Waals surface area contributed by atoms with Crippen molar-refractivity contribution in [3.05, 3.63) is 21.2 Å². The van der Waals surface area contributed by atoms with Gasteiger partial charge < -0.3 is 5.32 Å². The van der Waals surface area contributed by atoms with Crippen LogP contribution in [0.2, 0.25) is 0 Å². The molecule has 0 aliphatic heterocycles. The Bertz CT molecular complexity index is 566. The summed E-state index contributed by atoms with van der Waals surface area (Å²) in [6.07, 6.45) is 3.76.